The molecule has 2 fully saturated rings. The number of ether oxygens (including phenoxy) is 1. The zero-order valence-electron chi connectivity index (χ0n) is 21.5. The lowest BCUT2D eigenvalue weighted by atomic mass is 9.97. The van der Waals surface area contributed by atoms with Gasteiger partial charge in [0, 0.05) is 24.3 Å². The molecule has 1 aliphatic heterocycles. The molecule has 208 valence electrons. The van der Waals surface area contributed by atoms with E-state index in [0.717, 1.165) is 6.42 Å². The highest BCUT2D eigenvalue weighted by Gasteiger charge is 2.58. The number of benzene rings is 1. The SMILES string of the molecule is C[C@@H]1CN(c2nc(-n3ccc(O[C@@H]4C[C@H]4C(F)(F)F)n3)ccc2C(=O)NS(=O)(=O)c2ccccc2)C(C)(C)C1. The van der Waals surface area contributed by atoms with Crippen LogP contribution in [0.2, 0.25) is 0 Å². The summed E-state index contributed by atoms with van der Waals surface area (Å²) in [6.45, 7) is 6.69. The van der Waals surface area contributed by atoms with E-state index in [1.165, 1.54) is 41.2 Å². The van der Waals surface area contributed by atoms with Gasteiger partial charge in [0.25, 0.3) is 15.9 Å². The van der Waals surface area contributed by atoms with Gasteiger partial charge in [0.2, 0.25) is 5.88 Å². The highest BCUT2D eigenvalue weighted by Crippen LogP contribution is 2.46. The van der Waals surface area contributed by atoms with Crippen molar-refractivity contribution in [2.24, 2.45) is 11.8 Å². The molecule has 5 rings (SSSR count). The van der Waals surface area contributed by atoms with E-state index < -0.39 is 34.1 Å². The molecule has 3 aromatic rings. The second-order valence-electron chi connectivity index (χ2n) is 10.7. The van der Waals surface area contributed by atoms with Crippen LogP contribution in [0.3, 0.4) is 0 Å². The number of alkyl halides is 3. The third-order valence-corrected chi connectivity index (χ3v) is 8.28. The van der Waals surface area contributed by atoms with E-state index in [4.69, 9.17) is 4.74 Å². The van der Waals surface area contributed by atoms with Crippen LogP contribution in [0.5, 0.6) is 5.88 Å². The summed E-state index contributed by atoms with van der Waals surface area (Å²) in [6.07, 6.45) is -3.07. The van der Waals surface area contributed by atoms with Crippen molar-refractivity contribution in [3.05, 3.63) is 60.3 Å². The van der Waals surface area contributed by atoms with Gasteiger partial charge in [0.15, 0.2) is 5.82 Å². The molecule has 3 atom stereocenters. The number of carbonyl (C=O) groups is 1. The van der Waals surface area contributed by atoms with Crippen molar-refractivity contribution in [1.82, 2.24) is 19.5 Å². The predicted octanol–water partition coefficient (Wildman–Crippen LogP) is 4.34. The van der Waals surface area contributed by atoms with Gasteiger partial charge in [-0.2, -0.15) is 13.2 Å². The van der Waals surface area contributed by atoms with Gasteiger partial charge >= 0.3 is 6.18 Å². The Labute approximate surface area is 224 Å². The van der Waals surface area contributed by atoms with Gasteiger partial charge in [-0.1, -0.05) is 25.1 Å². The molecule has 9 nitrogen and oxygen atoms in total. The second kappa shape index (κ2) is 9.54. The van der Waals surface area contributed by atoms with Crippen LogP contribution in [-0.4, -0.2) is 53.5 Å². The first kappa shape index (κ1) is 27.0. The molecule has 3 heterocycles. The first-order chi connectivity index (χ1) is 18.2. The minimum absolute atomic E-state index is 0.0287. The molecular formula is C26H28F3N5O4S. The monoisotopic (exact) mass is 563 g/mol. The summed E-state index contributed by atoms with van der Waals surface area (Å²) in [5, 5.41) is 4.22. The number of carbonyl (C=O) groups excluding carboxylic acids is 1. The van der Waals surface area contributed by atoms with Gasteiger partial charge in [-0.05, 0) is 56.9 Å². The summed E-state index contributed by atoms with van der Waals surface area (Å²) in [5.74, 6) is -1.45. The van der Waals surface area contributed by atoms with Crippen molar-refractivity contribution in [1.29, 1.82) is 0 Å². The largest absolute Gasteiger partial charge is 0.473 e. The predicted molar refractivity (Wildman–Crippen MR) is 136 cm³/mol. The summed E-state index contributed by atoms with van der Waals surface area (Å²) in [4.78, 5) is 19.9. The van der Waals surface area contributed by atoms with E-state index in [0.29, 0.717) is 18.3 Å². The molecule has 0 unspecified atom stereocenters. The van der Waals surface area contributed by atoms with Crippen LogP contribution in [0.4, 0.5) is 19.0 Å². The van der Waals surface area contributed by atoms with Gasteiger partial charge in [0.1, 0.15) is 11.9 Å². The third kappa shape index (κ3) is 5.58. The van der Waals surface area contributed by atoms with Crippen molar-refractivity contribution in [2.75, 3.05) is 11.4 Å². The molecule has 1 N–H and O–H groups in total. The van der Waals surface area contributed by atoms with Gasteiger partial charge in [-0.25, -0.2) is 22.8 Å². The van der Waals surface area contributed by atoms with Crippen LogP contribution in [0, 0.1) is 11.8 Å². The molecule has 1 aromatic carbocycles. The molecule has 2 aliphatic rings. The number of anilines is 1. The molecule has 2 aromatic heterocycles. The summed E-state index contributed by atoms with van der Waals surface area (Å²) >= 11 is 0. The Morgan fingerprint density at radius 2 is 1.85 bits per heavy atom. The second-order valence-corrected chi connectivity index (χ2v) is 12.3. The molecule has 39 heavy (non-hydrogen) atoms. The number of amides is 1. The Morgan fingerprint density at radius 3 is 2.46 bits per heavy atom. The zero-order chi connectivity index (χ0) is 28.2. The molecular weight excluding hydrogens is 535 g/mol. The van der Waals surface area contributed by atoms with E-state index in [1.807, 2.05) is 18.7 Å². The molecule has 0 bridgehead atoms. The van der Waals surface area contributed by atoms with Gasteiger partial charge < -0.3 is 9.64 Å². The normalized spacial score (nSPS) is 22.5. The summed E-state index contributed by atoms with van der Waals surface area (Å²) < 4.78 is 73.1. The van der Waals surface area contributed by atoms with Crippen molar-refractivity contribution in [3.63, 3.8) is 0 Å². The molecule has 1 saturated carbocycles. The number of aromatic nitrogens is 3. The first-order valence-electron chi connectivity index (χ1n) is 12.4. The third-order valence-electron chi connectivity index (χ3n) is 6.94. The summed E-state index contributed by atoms with van der Waals surface area (Å²) in [5.41, 5.74) is -0.315. The lowest BCUT2D eigenvalue weighted by Gasteiger charge is -2.34. The van der Waals surface area contributed by atoms with E-state index in [1.54, 1.807) is 18.2 Å². The lowest BCUT2D eigenvalue weighted by molar-refractivity contribution is -0.153. The van der Waals surface area contributed by atoms with Crippen molar-refractivity contribution in [2.45, 2.75) is 56.3 Å². The van der Waals surface area contributed by atoms with E-state index in [9.17, 15) is 26.4 Å². The molecule has 1 saturated heterocycles. The fourth-order valence-electron chi connectivity index (χ4n) is 5.04. The van der Waals surface area contributed by atoms with Crippen LogP contribution in [0.25, 0.3) is 5.82 Å². The molecule has 13 heteroatoms. The first-order valence-corrected chi connectivity index (χ1v) is 13.9. The van der Waals surface area contributed by atoms with Crippen LogP contribution >= 0.6 is 0 Å². The van der Waals surface area contributed by atoms with E-state index in [2.05, 4.69) is 21.7 Å². The smallest absolute Gasteiger partial charge is 0.395 e. The number of nitrogens with zero attached hydrogens (tertiary/aromatic N) is 4. The zero-order valence-corrected chi connectivity index (χ0v) is 22.3. The molecule has 1 amide bonds. The quantitative estimate of drug-likeness (QED) is 0.456. The molecule has 0 radical (unpaired) electrons. The van der Waals surface area contributed by atoms with Crippen LogP contribution in [-0.2, 0) is 10.0 Å². The standard InChI is InChI=1S/C26H28F3N5O4S/c1-16-14-25(2,3)33(15-16)23-18(24(35)32-39(36,37)17-7-5-4-6-8-17)9-10-21(30-23)34-12-11-22(31-34)38-20-13-19(20)26(27,28)29/h4-12,16,19-20H,13-15H2,1-3H3,(H,32,35)/t16-,19+,20+/m0/s1. The maximum absolute atomic E-state index is 13.3. The highest BCUT2D eigenvalue weighted by molar-refractivity contribution is 7.90. The van der Waals surface area contributed by atoms with Gasteiger partial charge in [-0.15, -0.1) is 5.10 Å². The minimum atomic E-state index is -4.31. The number of halogens is 3. The van der Waals surface area contributed by atoms with Crippen LogP contribution < -0.4 is 14.4 Å². The Bertz CT molecular complexity index is 1490. The molecule has 1 aliphatic carbocycles. The minimum Gasteiger partial charge on any atom is -0.473 e. The maximum atomic E-state index is 13.3. The van der Waals surface area contributed by atoms with E-state index in [-0.39, 0.29) is 34.1 Å². The maximum Gasteiger partial charge on any atom is 0.395 e. The highest BCUT2D eigenvalue weighted by atomic mass is 32.2. The van der Waals surface area contributed by atoms with Crippen molar-refractivity contribution >= 4 is 21.7 Å². The summed E-state index contributed by atoms with van der Waals surface area (Å²) in [6, 6.07) is 12.0. The fraction of sp³-hybridized carbons (Fsp3) is 0.423. The fourth-order valence-corrected chi connectivity index (χ4v) is 6.03. The number of nitrogens with one attached hydrogen (secondary N) is 1. The van der Waals surface area contributed by atoms with Crippen molar-refractivity contribution < 1.29 is 31.1 Å². The number of hydrogen-bond donors (Lipinski definition) is 1. The van der Waals surface area contributed by atoms with Crippen LogP contribution in [0.1, 0.15) is 44.0 Å². The van der Waals surface area contributed by atoms with Gasteiger partial charge in [-0.3, -0.25) is 4.79 Å². The van der Waals surface area contributed by atoms with Crippen molar-refractivity contribution in [3.8, 4) is 11.7 Å². The van der Waals surface area contributed by atoms with E-state index >= 15 is 0 Å². The summed E-state index contributed by atoms with van der Waals surface area (Å²) in [7, 11) is -4.13. The Hall–Kier alpha value is -3.61. The number of hydrogen-bond acceptors (Lipinski definition) is 7. The molecule has 0 spiro atoms. The number of pyridine rings is 1. The van der Waals surface area contributed by atoms with Crippen LogP contribution in [0.15, 0.2) is 59.6 Å². The van der Waals surface area contributed by atoms with Gasteiger partial charge in [0.05, 0.1) is 16.4 Å². The Morgan fingerprint density at radius 1 is 1.13 bits per heavy atom. The Kier molecular flexibility index (Phi) is 6.60. The Balaban J connectivity index is 1.45. The topological polar surface area (TPSA) is 106 Å². The number of sulfonamides is 1. The lowest BCUT2D eigenvalue weighted by Crippen LogP contribution is -2.41. The average molecular weight is 564 g/mol. The average Bonchev–Trinajstić information content (AvgIpc) is 3.39. The number of rotatable bonds is 7.